The Morgan fingerprint density at radius 1 is 1.06 bits per heavy atom. The van der Waals surface area contributed by atoms with Crippen molar-refractivity contribution < 1.29 is 17.9 Å². The third-order valence-corrected chi connectivity index (χ3v) is 11.2. The minimum Gasteiger partial charge on any atom is -0.405 e. The largest absolute Gasteiger partial charge is 0.405 e. The maximum Gasteiger partial charge on any atom is 0.330 e. The Bertz CT molecular complexity index is 1200. The number of hydrogen-bond donors (Lipinski definition) is 1. The molecule has 0 radical (unpaired) electrons. The molecule has 2 heterocycles. The molecule has 0 spiro atoms. The fourth-order valence-electron chi connectivity index (χ4n) is 4.68. The van der Waals surface area contributed by atoms with E-state index in [-0.39, 0.29) is 18.1 Å². The normalized spacial score (nSPS) is 21.0. The lowest BCUT2D eigenvalue weighted by atomic mass is 10.2. The molecule has 1 aliphatic rings. The quantitative estimate of drug-likeness (QED) is 0.544. The van der Waals surface area contributed by atoms with Crippen LogP contribution in [0.2, 0.25) is 5.04 Å². The molecule has 0 unspecified atom stereocenters. The van der Waals surface area contributed by atoms with Gasteiger partial charge in [0.15, 0.2) is 6.23 Å². The van der Waals surface area contributed by atoms with E-state index < -0.39 is 43.9 Å². The fraction of sp³-hybridized carbons (Fsp3) is 0.360. The molecule has 1 saturated heterocycles. The van der Waals surface area contributed by atoms with Crippen molar-refractivity contribution in [3.63, 3.8) is 0 Å². The van der Waals surface area contributed by atoms with Crippen molar-refractivity contribution in [3.8, 4) is 0 Å². The molecule has 0 bridgehead atoms. The summed E-state index contributed by atoms with van der Waals surface area (Å²) in [6, 6.07) is 20.1. The van der Waals surface area contributed by atoms with E-state index in [9.17, 15) is 18.4 Å². The first-order valence-corrected chi connectivity index (χ1v) is 13.1. The van der Waals surface area contributed by atoms with Crippen LogP contribution in [0.15, 0.2) is 76.4 Å². The molecule has 6 nitrogen and oxygen atoms in total. The van der Waals surface area contributed by atoms with Gasteiger partial charge in [0.25, 0.3) is 13.9 Å². The molecule has 2 aromatic carbocycles. The van der Waals surface area contributed by atoms with Gasteiger partial charge in [0.2, 0.25) is 5.82 Å². The first-order valence-electron chi connectivity index (χ1n) is 11.2. The Kier molecular flexibility index (Phi) is 6.70. The standard InChI is InChI=1S/C25H28F2N2O4Si/c1-25(2,3)34(18-10-6-4-7-11-18,19-12-8-5-9-13-19)32-16-17-14-20(26)23(33-17)29-15-21(27)22(30)28-24(29)31/h4-13,15,17,20,23H,14,16H2,1-3H3,(H,28,30,31)/t17-,20-,23-/m1/s1. The van der Waals surface area contributed by atoms with Crippen molar-refractivity contribution >= 4 is 18.7 Å². The van der Waals surface area contributed by atoms with Crippen LogP contribution in [0.4, 0.5) is 8.78 Å². The molecule has 1 aromatic heterocycles. The summed E-state index contributed by atoms with van der Waals surface area (Å²) in [5.41, 5.74) is -2.08. The molecule has 9 heteroatoms. The van der Waals surface area contributed by atoms with E-state index in [1.807, 2.05) is 41.4 Å². The van der Waals surface area contributed by atoms with Crippen molar-refractivity contribution in [2.75, 3.05) is 6.61 Å². The van der Waals surface area contributed by atoms with Crippen molar-refractivity contribution in [2.24, 2.45) is 0 Å². The second kappa shape index (κ2) is 9.40. The molecular formula is C25H28F2N2O4Si. The van der Waals surface area contributed by atoms with Crippen LogP contribution in [-0.2, 0) is 9.16 Å². The highest BCUT2D eigenvalue weighted by molar-refractivity contribution is 6.99. The van der Waals surface area contributed by atoms with Gasteiger partial charge in [-0.05, 0) is 15.4 Å². The molecular weight excluding hydrogens is 458 g/mol. The maximum absolute atomic E-state index is 14.9. The minimum atomic E-state index is -2.85. The zero-order valence-electron chi connectivity index (χ0n) is 19.3. The molecule has 34 heavy (non-hydrogen) atoms. The lowest BCUT2D eigenvalue weighted by molar-refractivity contribution is -0.0375. The van der Waals surface area contributed by atoms with Crippen molar-refractivity contribution in [2.45, 2.75) is 50.7 Å². The van der Waals surface area contributed by atoms with Crippen LogP contribution in [0.3, 0.4) is 0 Å². The van der Waals surface area contributed by atoms with Crippen LogP contribution in [0.5, 0.6) is 0 Å². The van der Waals surface area contributed by atoms with Crippen LogP contribution in [-0.4, -0.2) is 36.8 Å². The molecule has 180 valence electrons. The van der Waals surface area contributed by atoms with E-state index in [2.05, 4.69) is 45.0 Å². The van der Waals surface area contributed by atoms with Crippen LogP contribution in [0.1, 0.15) is 33.4 Å². The van der Waals surface area contributed by atoms with Gasteiger partial charge < -0.3 is 9.16 Å². The van der Waals surface area contributed by atoms with E-state index in [1.54, 1.807) is 0 Å². The number of nitrogens with zero attached hydrogens (tertiary/aromatic N) is 1. The summed E-state index contributed by atoms with van der Waals surface area (Å²) in [6.07, 6.45) is -2.88. The number of alkyl halides is 1. The third kappa shape index (κ3) is 4.43. The Hall–Kier alpha value is -2.88. The average molecular weight is 487 g/mol. The number of aromatic nitrogens is 2. The summed E-state index contributed by atoms with van der Waals surface area (Å²) in [5, 5.41) is 1.90. The van der Waals surface area contributed by atoms with Crippen LogP contribution in [0.25, 0.3) is 0 Å². The van der Waals surface area contributed by atoms with E-state index in [4.69, 9.17) is 9.16 Å². The molecule has 3 atom stereocenters. The fourth-order valence-corrected chi connectivity index (χ4v) is 9.27. The summed E-state index contributed by atoms with van der Waals surface area (Å²) in [7, 11) is -2.85. The zero-order chi connectivity index (χ0) is 24.5. The van der Waals surface area contributed by atoms with Gasteiger partial charge in [0.1, 0.15) is 6.17 Å². The van der Waals surface area contributed by atoms with Crippen molar-refractivity contribution in [3.05, 3.63) is 93.5 Å². The summed E-state index contributed by atoms with van der Waals surface area (Å²) in [4.78, 5) is 25.3. The summed E-state index contributed by atoms with van der Waals surface area (Å²) in [5.74, 6) is -1.18. The van der Waals surface area contributed by atoms with Gasteiger partial charge in [-0.3, -0.25) is 14.3 Å². The molecule has 1 aliphatic heterocycles. The topological polar surface area (TPSA) is 73.3 Å². The Morgan fingerprint density at radius 2 is 1.62 bits per heavy atom. The minimum absolute atomic E-state index is 0.0178. The predicted molar refractivity (Wildman–Crippen MR) is 128 cm³/mol. The summed E-state index contributed by atoms with van der Waals surface area (Å²) >= 11 is 0. The highest BCUT2D eigenvalue weighted by atomic mass is 28.4. The lowest BCUT2D eigenvalue weighted by Gasteiger charge is -2.43. The van der Waals surface area contributed by atoms with E-state index in [0.29, 0.717) is 6.20 Å². The molecule has 1 N–H and O–H groups in total. The predicted octanol–water partition coefficient (Wildman–Crippen LogP) is 2.88. The zero-order valence-corrected chi connectivity index (χ0v) is 20.3. The van der Waals surface area contributed by atoms with Gasteiger partial charge >= 0.3 is 5.69 Å². The number of rotatable bonds is 6. The Balaban J connectivity index is 1.65. The first kappa shape index (κ1) is 24.2. The van der Waals surface area contributed by atoms with Crippen molar-refractivity contribution in [1.82, 2.24) is 9.55 Å². The first-order chi connectivity index (χ1) is 16.1. The second-order valence-electron chi connectivity index (χ2n) is 9.52. The molecule has 1 fully saturated rings. The highest BCUT2D eigenvalue weighted by Crippen LogP contribution is 2.38. The van der Waals surface area contributed by atoms with E-state index >= 15 is 0 Å². The average Bonchev–Trinajstić information content (AvgIpc) is 3.17. The molecule has 3 aromatic rings. The van der Waals surface area contributed by atoms with Gasteiger partial charge in [-0.15, -0.1) is 0 Å². The van der Waals surface area contributed by atoms with Crippen molar-refractivity contribution in [1.29, 1.82) is 0 Å². The number of benzene rings is 2. The second-order valence-corrected chi connectivity index (χ2v) is 13.8. The number of aromatic amines is 1. The smallest absolute Gasteiger partial charge is 0.330 e. The van der Waals surface area contributed by atoms with Crippen LogP contribution in [0, 0.1) is 5.82 Å². The van der Waals surface area contributed by atoms with E-state index in [1.165, 1.54) is 0 Å². The summed E-state index contributed by atoms with van der Waals surface area (Å²) < 4.78 is 42.0. The number of hydrogen-bond acceptors (Lipinski definition) is 4. The van der Waals surface area contributed by atoms with Crippen LogP contribution < -0.4 is 21.6 Å². The Morgan fingerprint density at radius 3 is 2.15 bits per heavy atom. The SMILES string of the molecule is CC(C)(C)[Si](OC[C@H]1C[C@@H](F)[C@H](n2cc(F)c(=O)[nH]c2=O)O1)(c1ccccc1)c1ccccc1. The maximum atomic E-state index is 14.9. The monoisotopic (exact) mass is 486 g/mol. The highest BCUT2D eigenvalue weighted by Gasteiger charge is 2.51. The number of ether oxygens (including phenoxy) is 1. The Labute approximate surface area is 197 Å². The van der Waals surface area contributed by atoms with Gasteiger partial charge in [0.05, 0.1) is 18.9 Å². The third-order valence-electron chi connectivity index (χ3n) is 6.23. The molecule has 0 aliphatic carbocycles. The number of halogens is 2. The molecule has 4 rings (SSSR count). The number of nitrogens with one attached hydrogen (secondary N) is 1. The van der Waals surface area contributed by atoms with E-state index in [0.717, 1.165) is 14.9 Å². The van der Waals surface area contributed by atoms with Gasteiger partial charge in [-0.1, -0.05) is 81.4 Å². The molecule has 0 amide bonds. The van der Waals surface area contributed by atoms with Crippen LogP contribution >= 0.6 is 0 Å². The van der Waals surface area contributed by atoms with Gasteiger partial charge in [-0.2, -0.15) is 4.39 Å². The van der Waals surface area contributed by atoms with Gasteiger partial charge in [0, 0.05) is 6.42 Å². The summed E-state index contributed by atoms with van der Waals surface area (Å²) in [6.45, 7) is 6.51. The lowest BCUT2D eigenvalue weighted by Crippen LogP contribution is -2.67. The van der Waals surface area contributed by atoms with Gasteiger partial charge in [-0.25, -0.2) is 9.18 Å². The molecule has 0 saturated carbocycles. The number of H-pyrrole nitrogens is 1.